The maximum Gasteiger partial charge on any atom is 0.225 e. The molecule has 1 aliphatic rings. The Bertz CT molecular complexity index is 721. The number of nitrogens with one attached hydrogen (secondary N) is 1. The van der Waals surface area contributed by atoms with E-state index >= 15 is 0 Å². The van der Waals surface area contributed by atoms with E-state index in [9.17, 15) is 9.18 Å². The van der Waals surface area contributed by atoms with Gasteiger partial charge in [-0.1, -0.05) is 50.2 Å². The van der Waals surface area contributed by atoms with Crippen LogP contribution in [0.5, 0.6) is 0 Å². The Morgan fingerprint density at radius 2 is 1.92 bits per heavy atom. The fourth-order valence-electron chi connectivity index (χ4n) is 3.38. The van der Waals surface area contributed by atoms with Gasteiger partial charge in [-0.25, -0.2) is 4.39 Å². The summed E-state index contributed by atoms with van der Waals surface area (Å²) in [6.07, 6.45) is 0.983. The first-order valence-electron chi connectivity index (χ1n) is 8.91. The van der Waals surface area contributed by atoms with Crippen LogP contribution < -0.4 is 5.32 Å². The van der Waals surface area contributed by atoms with Gasteiger partial charge in [0.05, 0.1) is 0 Å². The summed E-state index contributed by atoms with van der Waals surface area (Å²) >= 11 is 0. The molecule has 0 unspecified atom stereocenters. The Morgan fingerprint density at radius 3 is 2.56 bits per heavy atom. The molecule has 3 nitrogen and oxygen atoms in total. The molecule has 1 saturated heterocycles. The van der Waals surface area contributed by atoms with E-state index in [1.54, 1.807) is 12.1 Å². The van der Waals surface area contributed by atoms with Gasteiger partial charge in [0.2, 0.25) is 5.91 Å². The highest BCUT2D eigenvalue weighted by Gasteiger charge is 2.28. The van der Waals surface area contributed by atoms with Crippen molar-refractivity contribution in [1.29, 1.82) is 0 Å². The lowest BCUT2D eigenvalue weighted by molar-refractivity contribution is -0.137. The van der Waals surface area contributed by atoms with Gasteiger partial charge in [-0.05, 0) is 41.8 Å². The van der Waals surface area contributed by atoms with E-state index in [1.165, 1.54) is 12.1 Å². The standard InChI is InChI=1S/C21H25FN2O/c1-15(2)21(25)24(19-11-12-23-13-19)14-17-5-3-4-6-20(17)16-7-9-18(22)10-8-16/h3-10,15,19,23H,11-14H2,1-2H3/t19-/m0/s1. The average Bonchev–Trinajstić information content (AvgIpc) is 3.14. The van der Waals surface area contributed by atoms with Crippen LogP contribution in [0.1, 0.15) is 25.8 Å². The Labute approximate surface area is 148 Å². The molecule has 2 aromatic rings. The molecule has 1 aliphatic heterocycles. The molecule has 0 saturated carbocycles. The number of amides is 1. The van der Waals surface area contributed by atoms with Gasteiger partial charge in [-0.2, -0.15) is 0 Å². The smallest absolute Gasteiger partial charge is 0.225 e. The maximum atomic E-state index is 13.3. The number of hydrogen-bond acceptors (Lipinski definition) is 2. The second kappa shape index (κ2) is 7.79. The first kappa shape index (κ1) is 17.6. The zero-order valence-electron chi connectivity index (χ0n) is 14.8. The fraction of sp³-hybridized carbons (Fsp3) is 0.381. The normalized spacial score (nSPS) is 17.0. The molecule has 4 heteroatoms. The SMILES string of the molecule is CC(C)C(=O)N(Cc1ccccc1-c1ccc(F)cc1)[C@H]1CCNC1. The van der Waals surface area contributed by atoms with Crippen LogP contribution in [0.25, 0.3) is 11.1 Å². The van der Waals surface area contributed by atoms with E-state index < -0.39 is 0 Å². The molecule has 1 fully saturated rings. The molecule has 0 spiro atoms. The summed E-state index contributed by atoms with van der Waals surface area (Å²) in [5.74, 6) is -0.0870. The quantitative estimate of drug-likeness (QED) is 0.897. The third-order valence-corrected chi connectivity index (χ3v) is 4.77. The van der Waals surface area contributed by atoms with Crippen LogP contribution in [0.3, 0.4) is 0 Å². The van der Waals surface area contributed by atoms with E-state index in [2.05, 4.69) is 11.4 Å². The number of carbonyl (C=O) groups excluding carboxylic acids is 1. The van der Waals surface area contributed by atoms with Gasteiger partial charge >= 0.3 is 0 Å². The first-order valence-corrected chi connectivity index (χ1v) is 8.91. The maximum absolute atomic E-state index is 13.3. The number of hydrogen-bond donors (Lipinski definition) is 1. The molecule has 3 rings (SSSR count). The zero-order chi connectivity index (χ0) is 17.8. The van der Waals surface area contributed by atoms with Crippen LogP contribution in [-0.2, 0) is 11.3 Å². The van der Waals surface area contributed by atoms with E-state index in [-0.39, 0.29) is 23.7 Å². The summed E-state index contributed by atoms with van der Waals surface area (Å²) in [7, 11) is 0. The molecule has 132 valence electrons. The van der Waals surface area contributed by atoms with Crippen LogP contribution in [-0.4, -0.2) is 29.9 Å². The van der Waals surface area contributed by atoms with Crippen molar-refractivity contribution in [3.63, 3.8) is 0 Å². The molecular formula is C21H25FN2O. The summed E-state index contributed by atoms with van der Waals surface area (Å²) in [6, 6.07) is 14.8. The highest BCUT2D eigenvalue weighted by Crippen LogP contribution is 2.27. The lowest BCUT2D eigenvalue weighted by Crippen LogP contribution is -2.43. The van der Waals surface area contributed by atoms with Gasteiger partial charge in [0.1, 0.15) is 5.82 Å². The molecular weight excluding hydrogens is 315 g/mol. The molecule has 1 amide bonds. The monoisotopic (exact) mass is 340 g/mol. The Hall–Kier alpha value is -2.20. The molecule has 2 aromatic carbocycles. The van der Waals surface area contributed by atoms with Gasteiger partial charge in [0.15, 0.2) is 0 Å². The third kappa shape index (κ3) is 4.07. The molecule has 0 aromatic heterocycles. The van der Waals surface area contributed by atoms with Gasteiger partial charge in [-0.3, -0.25) is 4.79 Å². The van der Waals surface area contributed by atoms with E-state index in [0.717, 1.165) is 36.2 Å². The van der Waals surface area contributed by atoms with Crippen molar-refractivity contribution < 1.29 is 9.18 Å². The lowest BCUT2D eigenvalue weighted by Gasteiger charge is -2.31. The molecule has 1 N–H and O–H groups in total. The minimum absolute atomic E-state index is 0.0291. The number of carbonyl (C=O) groups is 1. The molecule has 0 radical (unpaired) electrons. The molecule has 1 heterocycles. The van der Waals surface area contributed by atoms with E-state index in [0.29, 0.717) is 6.54 Å². The van der Waals surface area contributed by atoms with Gasteiger partial charge in [-0.15, -0.1) is 0 Å². The van der Waals surface area contributed by atoms with Crippen molar-refractivity contribution in [2.24, 2.45) is 5.92 Å². The Balaban J connectivity index is 1.92. The second-order valence-corrected chi connectivity index (χ2v) is 6.93. The van der Waals surface area contributed by atoms with Crippen molar-refractivity contribution in [1.82, 2.24) is 10.2 Å². The van der Waals surface area contributed by atoms with E-state index in [1.807, 2.05) is 36.9 Å². The van der Waals surface area contributed by atoms with Crippen LogP contribution in [0.2, 0.25) is 0 Å². The van der Waals surface area contributed by atoms with Crippen molar-refractivity contribution in [2.75, 3.05) is 13.1 Å². The van der Waals surface area contributed by atoms with E-state index in [4.69, 9.17) is 0 Å². The summed E-state index contributed by atoms with van der Waals surface area (Å²) in [6.45, 7) is 6.27. The highest BCUT2D eigenvalue weighted by molar-refractivity contribution is 5.79. The molecule has 25 heavy (non-hydrogen) atoms. The Kier molecular flexibility index (Phi) is 5.49. The molecule has 0 bridgehead atoms. The summed E-state index contributed by atoms with van der Waals surface area (Å²) in [5.41, 5.74) is 3.11. The molecule has 0 aliphatic carbocycles. The largest absolute Gasteiger partial charge is 0.334 e. The van der Waals surface area contributed by atoms with Crippen molar-refractivity contribution in [3.05, 3.63) is 59.9 Å². The molecule has 1 atom stereocenters. The number of benzene rings is 2. The fourth-order valence-corrected chi connectivity index (χ4v) is 3.38. The Morgan fingerprint density at radius 1 is 1.20 bits per heavy atom. The summed E-state index contributed by atoms with van der Waals surface area (Å²) in [4.78, 5) is 14.8. The van der Waals surface area contributed by atoms with Crippen molar-refractivity contribution in [2.45, 2.75) is 32.9 Å². The van der Waals surface area contributed by atoms with Crippen LogP contribution in [0.15, 0.2) is 48.5 Å². The predicted octanol–water partition coefficient (Wildman–Crippen LogP) is 3.84. The van der Waals surface area contributed by atoms with Crippen LogP contribution >= 0.6 is 0 Å². The average molecular weight is 340 g/mol. The number of rotatable bonds is 5. The highest BCUT2D eigenvalue weighted by atomic mass is 19.1. The van der Waals surface area contributed by atoms with Crippen molar-refractivity contribution in [3.8, 4) is 11.1 Å². The van der Waals surface area contributed by atoms with Gasteiger partial charge < -0.3 is 10.2 Å². The van der Waals surface area contributed by atoms with Gasteiger partial charge in [0.25, 0.3) is 0 Å². The first-order chi connectivity index (χ1) is 12.1. The van der Waals surface area contributed by atoms with Crippen LogP contribution in [0, 0.1) is 11.7 Å². The third-order valence-electron chi connectivity index (χ3n) is 4.77. The topological polar surface area (TPSA) is 32.3 Å². The zero-order valence-corrected chi connectivity index (χ0v) is 14.8. The minimum atomic E-state index is -0.241. The second-order valence-electron chi connectivity index (χ2n) is 6.93. The van der Waals surface area contributed by atoms with Crippen LogP contribution in [0.4, 0.5) is 4.39 Å². The summed E-state index contributed by atoms with van der Waals surface area (Å²) in [5, 5.41) is 3.35. The number of nitrogens with zero attached hydrogens (tertiary/aromatic N) is 1. The lowest BCUT2D eigenvalue weighted by atomic mass is 9.98. The van der Waals surface area contributed by atoms with Crippen molar-refractivity contribution >= 4 is 5.91 Å². The number of halogens is 1. The van der Waals surface area contributed by atoms with Gasteiger partial charge in [0, 0.05) is 25.0 Å². The summed E-state index contributed by atoms with van der Waals surface area (Å²) < 4.78 is 13.3. The minimum Gasteiger partial charge on any atom is -0.334 e. The predicted molar refractivity (Wildman–Crippen MR) is 98.5 cm³/mol.